The summed E-state index contributed by atoms with van der Waals surface area (Å²) in [6, 6.07) is 26.1. The standard InChI is InChI=1S/C31H27FN2O3S/c1-3-34-30(35)29(38-31(34)33-26-14-12-25(32)13-15-26)19-21-10-16-27(28(18-21)36-4-2)37-20-22-9-11-23-7-5-6-8-24(23)17-22/h5-19H,3-4,20H2,1-2H3/b29-19+,33-31?. The van der Waals surface area contributed by atoms with Crippen LogP contribution in [0.2, 0.25) is 0 Å². The number of benzene rings is 4. The first kappa shape index (κ1) is 25.5. The predicted octanol–water partition coefficient (Wildman–Crippen LogP) is 7.58. The molecule has 38 heavy (non-hydrogen) atoms. The molecule has 1 aliphatic heterocycles. The highest BCUT2D eigenvalue weighted by molar-refractivity contribution is 8.18. The molecule has 1 aliphatic rings. The average Bonchev–Trinajstić information content (AvgIpc) is 3.22. The van der Waals surface area contributed by atoms with Crippen LogP contribution in [0.4, 0.5) is 10.1 Å². The molecule has 0 N–H and O–H groups in total. The van der Waals surface area contributed by atoms with Crippen molar-refractivity contribution < 1.29 is 18.7 Å². The van der Waals surface area contributed by atoms with Crippen LogP contribution in [-0.2, 0) is 11.4 Å². The summed E-state index contributed by atoms with van der Waals surface area (Å²) in [7, 11) is 0. The molecule has 4 aromatic rings. The molecule has 5 nitrogen and oxygen atoms in total. The quantitative estimate of drug-likeness (QED) is 0.222. The Morgan fingerprint density at radius 2 is 1.68 bits per heavy atom. The molecule has 0 radical (unpaired) electrons. The highest BCUT2D eigenvalue weighted by atomic mass is 32.2. The first-order valence-corrected chi connectivity index (χ1v) is 13.3. The number of amidine groups is 1. The van der Waals surface area contributed by atoms with E-state index in [1.807, 2.05) is 50.3 Å². The molecular formula is C31H27FN2O3S. The van der Waals surface area contributed by atoms with Gasteiger partial charge in [-0.15, -0.1) is 0 Å². The van der Waals surface area contributed by atoms with E-state index in [1.54, 1.807) is 17.0 Å². The zero-order valence-electron chi connectivity index (χ0n) is 21.2. The Hall–Kier alpha value is -4.10. The van der Waals surface area contributed by atoms with Crippen molar-refractivity contribution in [2.45, 2.75) is 20.5 Å². The second-order valence-electron chi connectivity index (χ2n) is 8.64. The van der Waals surface area contributed by atoms with E-state index in [4.69, 9.17) is 9.47 Å². The van der Waals surface area contributed by atoms with Crippen molar-refractivity contribution in [3.63, 3.8) is 0 Å². The maximum absolute atomic E-state index is 13.3. The molecule has 4 aromatic carbocycles. The molecule has 0 saturated carbocycles. The number of fused-ring (bicyclic) bond motifs is 1. The fourth-order valence-corrected chi connectivity index (χ4v) is 5.20. The monoisotopic (exact) mass is 526 g/mol. The summed E-state index contributed by atoms with van der Waals surface area (Å²) in [5.74, 6) is 0.812. The first-order chi connectivity index (χ1) is 18.5. The molecule has 1 saturated heterocycles. The average molecular weight is 527 g/mol. The normalized spacial score (nSPS) is 15.6. The second-order valence-corrected chi connectivity index (χ2v) is 9.65. The minimum absolute atomic E-state index is 0.118. The van der Waals surface area contributed by atoms with Crippen molar-refractivity contribution in [2.75, 3.05) is 13.2 Å². The van der Waals surface area contributed by atoms with Crippen molar-refractivity contribution in [1.82, 2.24) is 4.90 Å². The number of nitrogens with zero attached hydrogens (tertiary/aromatic N) is 2. The Morgan fingerprint density at radius 1 is 0.895 bits per heavy atom. The lowest BCUT2D eigenvalue weighted by molar-refractivity contribution is -0.122. The van der Waals surface area contributed by atoms with Crippen LogP contribution in [0.25, 0.3) is 16.8 Å². The lowest BCUT2D eigenvalue weighted by atomic mass is 10.1. The summed E-state index contributed by atoms with van der Waals surface area (Å²) in [6.07, 6.45) is 1.83. The molecule has 7 heteroatoms. The number of amides is 1. The van der Waals surface area contributed by atoms with Crippen molar-refractivity contribution >= 4 is 45.4 Å². The van der Waals surface area contributed by atoms with Crippen LogP contribution >= 0.6 is 11.8 Å². The maximum Gasteiger partial charge on any atom is 0.266 e. The van der Waals surface area contributed by atoms with Crippen LogP contribution in [0.3, 0.4) is 0 Å². The highest BCUT2D eigenvalue weighted by Crippen LogP contribution is 2.36. The van der Waals surface area contributed by atoms with E-state index >= 15 is 0 Å². The van der Waals surface area contributed by atoms with E-state index in [-0.39, 0.29) is 11.7 Å². The van der Waals surface area contributed by atoms with Gasteiger partial charge in [0.25, 0.3) is 5.91 Å². The summed E-state index contributed by atoms with van der Waals surface area (Å²) in [4.78, 5) is 19.8. The number of carbonyl (C=O) groups excluding carboxylic acids is 1. The topological polar surface area (TPSA) is 51.1 Å². The zero-order valence-corrected chi connectivity index (χ0v) is 22.0. The number of aliphatic imine (C=N–C) groups is 1. The van der Waals surface area contributed by atoms with Gasteiger partial charge < -0.3 is 9.47 Å². The van der Waals surface area contributed by atoms with E-state index < -0.39 is 0 Å². The van der Waals surface area contributed by atoms with E-state index in [1.165, 1.54) is 34.7 Å². The van der Waals surface area contributed by atoms with Gasteiger partial charge in [0.1, 0.15) is 12.4 Å². The second kappa shape index (κ2) is 11.5. The van der Waals surface area contributed by atoms with Crippen molar-refractivity contribution in [1.29, 1.82) is 0 Å². The van der Waals surface area contributed by atoms with Crippen molar-refractivity contribution in [3.8, 4) is 11.5 Å². The number of hydrogen-bond acceptors (Lipinski definition) is 5. The Balaban J connectivity index is 1.36. The third kappa shape index (κ3) is 5.73. The molecule has 5 rings (SSSR count). The fourth-order valence-electron chi connectivity index (χ4n) is 4.14. The molecule has 0 aliphatic carbocycles. The van der Waals surface area contributed by atoms with Crippen LogP contribution in [0, 0.1) is 5.82 Å². The van der Waals surface area contributed by atoms with Crippen LogP contribution in [0.5, 0.6) is 11.5 Å². The third-order valence-electron chi connectivity index (χ3n) is 6.03. The van der Waals surface area contributed by atoms with Crippen molar-refractivity contribution in [2.24, 2.45) is 4.99 Å². The molecule has 192 valence electrons. The van der Waals surface area contributed by atoms with Crippen LogP contribution in [-0.4, -0.2) is 29.1 Å². The number of thioether (sulfide) groups is 1. The van der Waals surface area contributed by atoms with Gasteiger partial charge in [0.15, 0.2) is 16.7 Å². The fraction of sp³-hybridized carbons (Fsp3) is 0.161. The number of ether oxygens (including phenoxy) is 2. The van der Waals surface area contributed by atoms with Gasteiger partial charge in [0.2, 0.25) is 0 Å². The third-order valence-corrected chi connectivity index (χ3v) is 7.04. The predicted molar refractivity (Wildman–Crippen MR) is 152 cm³/mol. The Morgan fingerprint density at radius 3 is 2.45 bits per heavy atom. The maximum atomic E-state index is 13.3. The SMILES string of the molecule is CCOc1cc(/C=C2/SC(=Nc3ccc(F)cc3)N(CC)C2=O)ccc1OCc1ccc2ccccc2c1. The summed E-state index contributed by atoms with van der Waals surface area (Å²) in [5.41, 5.74) is 2.48. The van der Waals surface area contributed by atoms with Gasteiger partial charge >= 0.3 is 0 Å². The highest BCUT2D eigenvalue weighted by Gasteiger charge is 2.32. The first-order valence-electron chi connectivity index (χ1n) is 12.5. The van der Waals surface area contributed by atoms with Gasteiger partial charge in [0, 0.05) is 6.54 Å². The molecule has 0 atom stereocenters. The summed E-state index contributed by atoms with van der Waals surface area (Å²) < 4.78 is 25.3. The van der Waals surface area contributed by atoms with E-state index in [9.17, 15) is 9.18 Å². The number of likely N-dealkylation sites (N-methyl/N-ethyl adjacent to an activating group) is 1. The van der Waals surface area contributed by atoms with Crippen LogP contribution < -0.4 is 9.47 Å². The van der Waals surface area contributed by atoms with Gasteiger partial charge in [-0.3, -0.25) is 9.69 Å². The summed E-state index contributed by atoms with van der Waals surface area (Å²) >= 11 is 1.30. The number of carbonyl (C=O) groups is 1. The Bertz CT molecular complexity index is 1530. The molecule has 0 bridgehead atoms. The van der Waals surface area contributed by atoms with Gasteiger partial charge in [-0.25, -0.2) is 9.38 Å². The number of hydrogen-bond donors (Lipinski definition) is 0. The van der Waals surface area contributed by atoms with Gasteiger partial charge in [-0.2, -0.15) is 0 Å². The molecule has 1 fully saturated rings. The number of rotatable bonds is 8. The molecular weight excluding hydrogens is 499 g/mol. The van der Waals surface area contributed by atoms with E-state index in [0.717, 1.165) is 11.1 Å². The van der Waals surface area contributed by atoms with Gasteiger partial charge in [-0.1, -0.05) is 42.5 Å². The molecule has 1 heterocycles. The zero-order chi connectivity index (χ0) is 26.5. The minimum atomic E-state index is -0.327. The van der Waals surface area contributed by atoms with Crippen LogP contribution in [0.1, 0.15) is 25.0 Å². The lowest BCUT2D eigenvalue weighted by Gasteiger charge is -2.13. The van der Waals surface area contributed by atoms with Gasteiger partial charge in [0.05, 0.1) is 17.2 Å². The smallest absolute Gasteiger partial charge is 0.266 e. The molecule has 0 spiro atoms. The van der Waals surface area contributed by atoms with E-state index in [2.05, 4.69) is 35.3 Å². The van der Waals surface area contributed by atoms with Crippen molar-refractivity contribution in [3.05, 3.63) is 107 Å². The minimum Gasteiger partial charge on any atom is -0.490 e. The summed E-state index contributed by atoms with van der Waals surface area (Å²) in [5, 5.41) is 2.93. The molecule has 1 amide bonds. The lowest BCUT2D eigenvalue weighted by Crippen LogP contribution is -2.28. The molecule has 0 unspecified atom stereocenters. The van der Waals surface area contributed by atoms with E-state index in [0.29, 0.717) is 47.0 Å². The van der Waals surface area contributed by atoms with Gasteiger partial charge in [-0.05, 0) is 96.0 Å². The largest absolute Gasteiger partial charge is 0.490 e. The molecule has 0 aromatic heterocycles. The Labute approximate surface area is 225 Å². The number of halogens is 1. The Kier molecular flexibility index (Phi) is 7.75. The van der Waals surface area contributed by atoms with Crippen LogP contribution in [0.15, 0.2) is 94.8 Å². The summed E-state index contributed by atoms with van der Waals surface area (Å²) in [6.45, 7) is 5.20.